The topological polar surface area (TPSA) is 148 Å². The van der Waals surface area contributed by atoms with Crippen LogP contribution in [0.5, 0.6) is 0 Å². The molecule has 4 amide bonds. The van der Waals surface area contributed by atoms with Crippen molar-refractivity contribution in [3.05, 3.63) is 0 Å². The summed E-state index contributed by atoms with van der Waals surface area (Å²) in [5.74, 6) is -1.88. The first-order chi connectivity index (χ1) is 9.45. The summed E-state index contributed by atoms with van der Waals surface area (Å²) in [5, 5.41) is 4.66. The lowest BCUT2D eigenvalue weighted by Gasteiger charge is -2.23. The van der Waals surface area contributed by atoms with Gasteiger partial charge in [-0.3, -0.25) is 19.2 Å². The minimum Gasteiger partial charge on any atom is -0.368 e. The van der Waals surface area contributed by atoms with Crippen LogP contribution in [0, 0.1) is 0 Å². The maximum absolute atomic E-state index is 11.9. The molecule has 1 heterocycles. The molecule has 1 aliphatic heterocycles. The molecule has 0 unspecified atom stereocenters. The van der Waals surface area contributed by atoms with Crippen LogP contribution in [0.4, 0.5) is 0 Å². The Morgan fingerprint density at radius 1 is 1.15 bits per heavy atom. The van der Waals surface area contributed by atoms with E-state index in [-0.39, 0.29) is 25.5 Å². The van der Waals surface area contributed by atoms with Gasteiger partial charge in [0.05, 0.1) is 19.6 Å². The molecule has 0 bridgehead atoms. The molecule has 0 radical (unpaired) electrons. The minimum atomic E-state index is -0.666. The molecule has 0 aliphatic carbocycles. The van der Waals surface area contributed by atoms with Crippen molar-refractivity contribution in [1.29, 1.82) is 0 Å². The summed E-state index contributed by atoms with van der Waals surface area (Å²) < 4.78 is 0. The highest BCUT2D eigenvalue weighted by Crippen LogP contribution is 2.16. The molecule has 0 spiro atoms. The van der Waals surface area contributed by atoms with Crippen LogP contribution in [0.15, 0.2) is 0 Å². The van der Waals surface area contributed by atoms with Gasteiger partial charge in [0.1, 0.15) is 6.04 Å². The van der Waals surface area contributed by atoms with Gasteiger partial charge < -0.3 is 27.0 Å². The summed E-state index contributed by atoms with van der Waals surface area (Å²) in [5.41, 5.74) is 10.1. The van der Waals surface area contributed by atoms with Gasteiger partial charge in [-0.25, -0.2) is 0 Å². The average molecular weight is 285 g/mol. The number of amides is 4. The summed E-state index contributed by atoms with van der Waals surface area (Å²) in [4.78, 5) is 46.6. The number of likely N-dealkylation sites (tertiary alicyclic amines) is 1. The Kier molecular flexibility index (Phi) is 5.91. The van der Waals surface area contributed by atoms with E-state index < -0.39 is 23.8 Å². The third kappa shape index (κ3) is 4.50. The second-order valence-electron chi connectivity index (χ2n) is 4.41. The maximum atomic E-state index is 11.9. The average Bonchev–Trinajstić information content (AvgIpc) is 2.90. The lowest BCUT2D eigenvalue weighted by atomic mass is 10.2. The largest absolute Gasteiger partial charge is 0.368 e. The highest BCUT2D eigenvalue weighted by atomic mass is 16.2. The molecule has 1 rings (SSSR count). The summed E-state index contributed by atoms with van der Waals surface area (Å²) in [6.45, 7) is -0.214. The normalized spacial score (nSPS) is 17.6. The Labute approximate surface area is 116 Å². The van der Waals surface area contributed by atoms with E-state index in [0.29, 0.717) is 13.0 Å². The van der Waals surface area contributed by atoms with Gasteiger partial charge in [-0.1, -0.05) is 0 Å². The molecule has 1 fully saturated rings. The molecule has 9 nitrogen and oxygen atoms in total. The van der Waals surface area contributed by atoms with Crippen molar-refractivity contribution in [2.24, 2.45) is 11.5 Å². The van der Waals surface area contributed by atoms with Crippen LogP contribution < -0.4 is 22.1 Å². The molecule has 20 heavy (non-hydrogen) atoms. The Morgan fingerprint density at radius 3 is 2.45 bits per heavy atom. The zero-order valence-corrected chi connectivity index (χ0v) is 11.1. The number of nitrogens with zero attached hydrogens (tertiary/aromatic N) is 1. The number of rotatable bonds is 6. The van der Waals surface area contributed by atoms with Crippen molar-refractivity contribution in [3.8, 4) is 0 Å². The molecule has 0 aromatic carbocycles. The quantitative estimate of drug-likeness (QED) is 0.402. The monoisotopic (exact) mass is 285 g/mol. The first-order valence-corrected chi connectivity index (χ1v) is 6.28. The Morgan fingerprint density at radius 2 is 1.85 bits per heavy atom. The summed E-state index contributed by atoms with van der Waals surface area (Å²) in [6.07, 6.45) is 1.26. The molecule has 0 aromatic rings. The maximum Gasteiger partial charge on any atom is 0.243 e. The molecule has 9 heteroatoms. The number of hydrogen-bond donors (Lipinski definition) is 4. The van der Waals surface area contributed by atoms with E-state index in [1.165, 1.54) is 4.90 Å². The van der Waals surface area contributed by atoms with E-state index in [1.807, 2.05) is 0 Å². The predicted octanol–water partition coefficient (Wildman–Crippen LogP) is -3.35. The van der Waals surface area contributed by atoms with E-state index in [4.69, 9.17) is 11.5 Å². The SMILES string of the molecule is NCC(=O)N1CCC[C@H]1C(=O)NCC(=O)NCC(N)=O. The zero-order chi connectivity index (χ0) is 15.1. The Bertz CT molecular complexity index is 412. The molecular formula is C11H19N5O4. The van der Waals surface area contributed by atoms with E-state index in [0.717, 1.165) is 6.42 Å². The number of nitrogens with two attached hydrogens (primary N) is 2. The summed E-state index contributed by atoms with van der Waals surface area (Å²) >= 11 is 0. The molecule has 1 atom stereocenters. The fourth-order valence-corrected chi connectivity index (χ4v) is 1.99. The van der Waals surface area contributed by atoms with Gasteiger partial charge in [-0.15, -0.1) is 0 Å². The second-order valence-corrected chi connectivity index (χ2v) is 4.41. The van der Waals surface area contributed by atoms with Crippen molar-refractivity contribution in [2.45, 2.75) is 18.9 Å². The van der Waals surface area contributed by atoms with Gasteiger partial charge in [-0.2, -0.15) is 0 Å². The van der Waals surface area contributed by atoms with Crippen LogP contribution in [-0.2, 0) is 19.2 Å². The van der Waals surface area contributed by atoms with Gasteiger partial charge in [-0.05, 0) is 12.8 Å². The molecular weight excluding hydrogens is 266 g/mol. The zero-order valence-electron chi connectivity index (χ0n) is 11.1. The molecule has 1 aliphatic rings. The lowest BCUT2D eigenvalue weighted by molar-refractivity contribution is -0.137. The van der Waals surface area contributed by atoms with Crippen LogP contribution in [0.3, 0.4) is 0 Å². The number of primary amides is 1. The lowest BCUT2D eigenvalue weighted by Crippen LogP contribution is -2.50. The molecule has 112 valence electrons. The summed E-state index contributed by atoms with van der Waals surface area (Å²) in [7, 11) is 0. The summed E-state index contributed by atoms with van der Waals surface area (Å²) in [6, 6.07) is -0.588. The van der Waals surface area contributed by atoms with Crippen molar-refractivity contribution in [1.82, 2.24) is 15.5 Å². The van der Waals surface area contributed by atoms with Gasteiger partial charge in [0.25, 0.3) is 0 Å². The first-order valence-electron chi connectivity index (χ1n) is 6.28. The molecule has 0 saturated carbocycles. The molecule has 6 N–H and O–H groups in total. The highest BCUT2D eigenvalue weighted by Gasteiger charge is 2.33. The minimum absolute atomic E-state index is 0.150. The first kappa shape index (κ1) is 15.9. The van der Waals surface area contributed by atoms with Crippen LogP contribution >= 0.6 is 0 Å². The van der Waals surface area contributed by atoms with Crippen LogP contribution in [-0.4, -0.2) is 60.7 Å². The Balaban J connectivity index is 2.40. The smallest absolute Gasteiger partial charge is 0.243 e. The standard InChI is InChI=1S/C11H19N5O4/c12-4-10(19)16-3-1-2-7(16)11(20)15-6-9(18)14-5-8(13)17/h7H,1-6,12H2,(H2,13,17)(H,14,18)(H,15,20)/t7-/m0/s1. The number of nitrogens with one attached hydrogen (secondary N) is 2. The van der Waals surface area contributed by atoms with E-state index in [9.17, 15) is 19.2 Å². The third-order valence-corrected chi connectivity index (χ3v) is 2.93. The molecule has 0 aromatic heterocycles. The number of hydrogen-bond acceptors (Lipinski definition) is 5. The van der Waals surface area contributed by atoms with Crippen molar-refractivity contribution in [2.75, 3.05) is 26.2 Å². The fourth-order valence-electron chi connectivity index (χ4n) is 1.99. The highest BCUT2D eigenvalue weighted by molar-refractivity contribution is 5.92. The Hall–Kier alpha value is -2.16. The van der Waals surface area contributed by atoms with E-state index in [2.05, 4.69) is 10.6 Å². The van der Waals surface area contributed by atoms with Crippen molar-refractivity contribution < 1.29 is 19.2 Å². The van der Waals surface area contributed by atoms with Crippen LogP contribution in [0.2, 0.25) is 0 Å². The number of carbonyl (C=O) groups excluding carboxylic acids is 4. The van der Waals surface area contributed by atoms with Gasteiger partial charge in [0, 0.05) is 6.54 Å². The fraction of sp³-hybridized carbons (Fsp3) is 0.636. The van der Waals surface area contributed by atoms with Gasteiger partial charge in [0.15, 0.2) is 0 Å². The second kappa shape index (κ2) is 7.43. The van der Waals surface area contributed by atoms with Crippen LogP contribution in [0.25, 0.3) is 0 Å². The van der Waals surface area contributed by atoms with Gasteiger partial charge in [0.2, 0.25) is 23.6 Å². The van der Waals surface area contributed by atoms with Crippen molar-refractivity contribution in [3.63, 3.8) is 0 Å². The van der Waals surface area contributed by atoms with Crippen molar-refractivity contribution >= 4 is 23.6 Å². The molecule has 1 saturated heterocycles. The van der Waals surface area contributed by atoms with E-state index in [1.54, 1.807) is 0 Å². The third-order valence-electron chi connectivity index (χ3n) is 2.93. The predicted molar refractivity (Wildman–Crippen MR) is 69.0 cm³/mol. The van der Waals surface area contributed by atoms with Crippen LogP contribution in [0.1, 0.15) is 12.8 Å². The number of carbonyl (C=O) groups is 4. The van der Waals surface area contributed by atoms with Gasteiger partial charge >= 0.3 is 0 Å². The van der Waals surface area contributed by atoms with E-state index >= 15 is 0 Å².